The van der Waals surface area contributed by atoms with Gasteiger partial charge in [-0.2, -0.15) is 0 Å². The second-order valence-electron chi connectivity index (χ2n) is 8.84. The molecule has 0 aromatic carbocycles. The smallest absolute Gasteiger partial charge is 0.407 e. The van der Waals surface area contributed by atoms with E-state index in [-0.39, 0.29) is 30.1 Å². The van der Waals surface area contributed by atoms with Gasteiger partial charge in [-0.25, -0.2) is 4.79 Å². The highest BCUT2D eigenvalue weighted by Crippen LogP contribution is 2.20. The van der Waals surface area contributed by atoms with E-state index < -0.39 is 29.7 Å². The van der Waals surface area contributed by atoms with Crippen molar-refractivity contribution in [3.8, 4) is 0 Å². The van der Waals surface area contributed by atoms with Gasteiger partial charge in [-0.05, 0) is 24.2 Å². The Labute approximate surface area is 162 Å². The Morgan fingerprint density at radius 3 is 2.44 bits per heavy atom. The molecule has 0 aromatic heterocycles. The molecule has 0 aromatic rings. The van der Waals surface area contributed by atoms with E-state index in [0.29, 0.717) is 13.0 Å². The van der Waals surface area contributed by atoms with Gasteiger partial charge in [-0.3, -0.25) is 14.4 Å². The highest BCUT2D eigenvalue weighted by Gasteiger charge is 2.32. The van der Waals surface area contributed by atoms with Crippen molar-refractivity contribution in [1.82, 2.24) is 10.6 Å². The van der Waals surface area contributed by atoms with Gasteiger partial charge >= 0.3 is 6.09 Å². The molecular formula is C20H34N2O5. The van der Waals surface area contributed by atoms with Crippen LogP contribution >= 0.6 is 0 Å². The highest BCUT2D eigenvalue weighted by molar-refractivity contribution is 6.37. The van der Waals surface area contributed by atoms with Crippen LogP contribution in [0.25, 0.3) is 0 Å². The van der Waals surface area contributed by atoms with Crippen LogP contribution in [0.15, 0.2) is 0 Å². The summed E-state index contributed by atoms with van der Waals surface area (Å²) in [7, 11) is 0. The molecule has 1 aliphatic rings. The molecule has 2 amide bonds. The van der Waals surface area contributed by atoms with Crippen molar-refractivity contribution in [3.63, 3.8) is 0 Å². The number of hydrogen-bond donors (Lipinski definition) is 2. The van der Waals surface area contributed by atoms with E-state index in [2.05, 4.69) is 10.6 Å². The lowest BCUT2D eigenvalue weighted by molar-refractivity contribution is -0.141. The molecule has 0 bridgehead atoms. The van der Waals surface area contributed by atoms with Crippen LogP contribution in [0.1, 0.15) is 66.7 Å². The summed E-state index contributed by atoms with van der Waals surface area (Å²) in [6.45, 7) is 10.2. The van der Waals surface area contributed by atoms with Gasteiger partial charge < -0.3 is 15.4 Å². The number of amides is 2. The average molecular weight is 383 g/mol. The summed E-state index contributed by atoms with van der Waals surface area (Å²) in [5, 5.41) is 5.23. The average Bonchev–Trinajstić information content (AvgIpc) is 2.63. The number of hydrogen-bond acceptors (Lipinski definition) is 5. The third-order valence-corrected chi connectivity index (χ3v) is 4.48. The lowest BCUT2D eigenvalue weighted by Gasteiger charge is -2.24. The Morgan fingerprint density at radius 1 is 1.19 bits per heavy atom. The molecule has 2 atom stereocenters. The van der Waals surface area contributed by atoms with Crippen LogP contribution in [0.3, 0.4) is 0 Å². The van der Waals surface area contributed by atoms with Crippen LogP contribution in [0.4, 0.5) is 4.79 Å². The predicted molar refractivity (Wildman–Crippen MR) is 102 cm³/mol. The number of ether oxygens (including phenoxy) is 1. The summed E-state index contributed by atoms with van der Waals surface area (Å²) >= 11 is 0. The second kappa shape index (κ2) is 10.4. The third-order valence-electron chi connectivity index (χ3n) is 4.48. The van der Waals surface area contributed by atoms with Crippen molar-refractivity contribution in [2.75, 3.05) is 13.2 Å². The minimum absolute atomic E-state index is 0.0470. The number of carbonyl (C=O) groups is 4. The molecule has 0 spiro atoms. The zero-order valence-corrected chi connectivity index (χ0v) is 17.2. The van der Waals surface area contributed by atoms with Crippen molar-refractivity contribution < 1.29 is 23.9 Å². The zero-order chi connectivity index (χ0) is 20.6. The Bertz CT molecular complexity index is 551. The van der Waals surface area contributed by atoms with Crippen molar-refractivity contribution >= 4 is 23.6 Å². The number of Topliss-reactive ketones (excluding diaryl/α,β-unsaturated/α-hetero) is 2. The maximum atomic E-state index is 12.8. The maximum absolute atomic E-state index is 12.8. The zero-order valence-electron chi connectivity index (χ0n) is 17.2. The molecule has 0 saturated carbocycles. The lowest BCUT2D eigenvalue weighted by atomic mass is 9.87. The summed E-state index contributed by atoms with van der Waals surface area (Å²) in [5.41, 5.74) is -0.175. The number of alkyl carbamates (subject to hydrolysis) is 1. The van der Waals surface area contributed by atoms with Crippen molar-refractivity contribution in [3.05, 3.63) is 0 Å². The number of carbonyl (C=O) groups excluding carboxylic acids is 4. The van der Waals surface area contributed by atoms with E-state index >= 15 is 0 Å². The van der Waals surface area contributed by atoms with Gasteiger partial charge in [0.25, 0.3) is 5.91 Å². The van der Waals surface area contributed by atoms with Gasteiger partial charge in [0, 0.05) is 18.9 Å². The van der Waals surface area contributed by atoms with Crippen molar-refractivity contribution in [1.29, 1.82) is 0 Å². The number of nitrogens with one attached hydrogen (secondary N) is 2. The Balaban J connectivity index is 2.73. The van der Waals surface area contributed by atoms with Crippen LogP contribution < -0.4 is 10.6 Å². The van der Waals surface area contributed by atoms with Gasteiger partial charge in [0.2, 0.25) is 5.78 Å². The van der Waals surface area contributed by atoms with E-state index in [4.69, 9.17) is 4.74 Å². The SMILES string of the molecule is CC(C)C(NC(=O)OCC(C)(C)C)C(=O)CC1CCCCCNC(=O)C1=O. The van der Waals surface area contributed by atoms with Gasteiger partial charge in [-0.1, -0.05) is 47.5 Å². The summed E-state index contributed by atoms with van der Waals surface area (Å²) < 4.78 is 5.19. The maximum Gasteiger partial charge on any atom is 0.407 e. The number of rotatable bonds is 6. The van der Waals surface area contributed by atoms with Gasteiger partial charge in [-0.15, -0.1) is 0 Å². The predicted octanol–water partition coefficient (Wildman–Crippen LogP) is 2.62. The normalized spacial score (nSPS) is 20.1. The summed E-state index contributed by atoms with van der Waals surface area (Å²) in [6, 6.07) is -0.749. The largest absolute Gasteiger partial charge is 0.449 e. The van der Waals surface area contributed by atoms with Gasteiger partial charge in [0.05, 0.1) is 12.6 Å². The standard InChI is InChI=1S/C20H34N2O5/c1-13(2)16(22-19(26)27-12-20(3,4)5)15(23)11-14-9-7-6-8-10-21-18(25)17(14)24/h13-14,16H,6-12H2,1-5H3,(H,21,25)(H,22,26). The summed E-state index contributed by atoms with van der Waals surface area (Å²) in [6.07, 6.45) is 2.35. The molecule has 1 saturated heterocycles. The molecule has 7 heteroatoms. The first-order chi connectivity index (χ1) is 12.5. The molecule has 154 valence electrons. The van der Waals surface area contributed by atoms with Crippen LogP contribution in [-0.2, 0) is 19.1 Å². The molecular weight excluding hydrogens is 348 g/mol. The minimum atomic E-state index is -0.749. The molecule has 0 aliphatic carbocycles. The molecule has 1 rings (SSSR count). The second-order valence-corrected chi connectivity index (χ2v) is 8.84. The fraction of sp³-hybridized carbons (Fsp3) is 0.800. The van der Waals surface area contributed by atoms with E-state index in [9.17, 15) is 19.2 Å². The van der Waals surface area contributed by atoms with Crippen LogP contribution in [-0.4, -0.2) is 42.8 Å². The van der Waals surface area contributed by atoms with E-state index in [1.165, 1.54) is 0 Å². The summed E-state index contributed by atoms with van der Waals surface area (Å²) in [5.74, 6) is -2.19. The first-order valence-corrected chi connectivity index (χ1v) is 9.79. The molecule has 1 heterocycles. The monoisotopic (exact) mass is 382 g/mol. The first-order valence-electron chi connectivity index (χ1n) is 9.79. The van der Waals surface area contributed by atoms with Crippen molar-refractivity contribution in [2.45, 2.75) is 72.8 Å². The molecule has 2 unspecified atom stereocenters. The Hall–Kier alpha value is -1.92. The Kier molecular flexibility index (Phi) is 8.93. The highest BCUT2D eigenvalue weighted by atomic mass is 16.5. The number of ketones is 2. The van der Waals surface area contributed by atoms with Gasteiger partial charge in [0.1, 0.15) is 0 Å². The molecule has 7 nitrogen and oxygen atoms in total. The van der Waals surface area contributed by atoms with Crippen LogP contribution in [0.2, 0.25) is 0 Å². The van der Waals surface area contributed by atoms with Gasteiger partial charge in [0.15, 0.2) is 5.78 Å². The van der Waals surface area contributed by atoms with E-state index in [1.807, 2.05) is 34.6 Å². The topological polar surface area (TPSA) is 102 Å². The molecule has 27 heavy (non-hydrogen) atoms. The fourth-order valence-corrected chi connectivity index (χ4v) is 2.93. The molecule has 1 fully saturated rings. The minimum Gasteiger partial charge on any atom is -0.449 e. The van der Waals surface area contributed by atoms with E-state index in [1.54, 1.807) is 0 Å². The van der Waals surface area contributed by atoms with Crippen LogP contribution in [0, 0.1) is 17.3 Å². The fourth-order valence-electron chi connectivity index (χ4n) is 2.93. The van der Waals surface area contributed by atoms with E-state index in [0.717, 1.165) is 19.3 Å². The quantitative estimate of drug-likeness (QED) is 0.688. The Morgan fingerprint density at radius 2 is 1.85 bits per heavy atom. The lowest BCUT2D eigenvalue weighted by Crippen LogP contribution is -2.46. The molecule has 2 N–H and O–H groups in total. The first kappa shape index (κ1) is 23.1. The molecule has 0 radical (unpaired) electrons. The molecule has 1 aliphatic heterocycles. The summed E-state index contributed by atoms with van der Waals surface area (Å²) in [4.78, 5) is 49.1. The third kappa shape index (κ3) is 8.54. The van der Waals surface area contributed by atoms with Crippen molar-refractivity contribution in [2.24, 2.45) is 17.3 Å². The van der Waals surface area contributed by atoms with Crippen LogP contribution in [0.5, 0.6) is 0 Å².